The van der Waals surface area contributed by atoms with Gasteiger partial charge in [0, 0.05) is 24.0 Å². The molecule has 1 aliphatic carbocycles. The van der Waals surface area contributed by atoms with E-state index in [0.717, 1.165) is 35.0 Å². The fourth-order valence-corrected chi connectivity index (χ4v) is 3.81. The van der Waals surface area contributed by atoms with Crippen molar-refractivity contribution in [2.45, 2.75) is 52.5 Å². The van der Waals surface area contributed by atoms with Crippen LogP contribution in [0.3, 0.4) is 0 Å². The molecule has 2 aromatic rings. The van der Waals surface area contributed by atoms with Crippen molar-refractivity contribution in [3.8, 4) is 0 Å². The first kappa shape index (κ1) is 14.8. The van der Waals surface area contributed by atoms with Crippen LogP contribution in [0.15, 0.2) is 12.1 Å². The van der Waals surface area contributed by atoms with Crippen LogP contribution in [0.5, 0.6) is 0 Å². The molecule has 3 rings (SSSR count). The highest BCUT2D eigenvalue weighted by atomic mass is 35.5. The van der Waals surface area contributed by atoms with Gasteiger partial charge in [-0.15, -0.1) is 11.6 Å². The first-order valence-corrected chi connectivity index (χ1v) is 8.55. The van der Waals surface area contributed by atoms with Crippen LogP contribution in [0.2, 0.25) is 0 Å². The van der Waals surface area contributed by atoms with Gasteiger partial charge < -0.3 is 4.57 Å². The Labute approximate surface area is 131 Å². The molecule has 21 heavy (non-hydrogen) atoms. The highest BCUT2D eigenvalue weighted by Crippen LogP contribution is 2.39. The van der Waals surface area contributed by atoms with Crippen molar-refractivity contribution in [2.75, 3.05) is 5.88 Å². The van der Waals surface area contributed by atoms with Crippen LogP contribution in [0.25, 0.3) is 11.2 Å². The minimum absolute atomic E-state index is 0.506. The summed E-state index contributed by atoms with van der Waals surface area (Å²) in [7, 11) is 0. The first-order chi connectivity index (χ1) is 10.1. The molecular formula is C17H24ClN3. The van der Waals surface area contributed by atoms with E-state index in [2.05, 4.69) is 24.5 Å². The number of halogens is 1. The average molecular weight is 306 g/mol. The minimum Gasteiger partial charge on any atom is -0.309 e. The van der Waals surface area contributed by atoms with Gasteiger partial charge in [-0.2, -0.15) is 0 Å². The summed E-state index contributed by atoms with van der Waals surface area (Å²) in [4.78, 5) is 9.56. The van der Waals surface area contributed by atoms with Gasteiger partial charge >= 0.3 is 0 Å². The molecule has 0 N–H and O–H groups in total. The Bertz CT molecular complexity index is 634. The van der Waals surface area contributed by atoms with E-state index in [1.807, 2.05) is 13.0 Å². The maximum atomic E-state index is 6.00. The molecule has 0 amide bonds. The lowest BCUT2D eigenvalue weighted by atomic mass is 9.78. The summed E-state index contributed by atoms with van der Waals surface area (Å²) in [5.41, 5.74) is 3.10. The third-order valence-electron chi connectivity index (χ3n) is 5.06. The molecule has 0 saturated heterocycles. The highest BCUT2D eigenvalue weighted by molar-refractivity contribution is 6.17. The molecule has 0 aliphatic heterocycles. The SMILES string of the molecule is Cc1ccc2nc(CCCl)n(C3CCCC(C)C3C)c2n1. The largest absolute Gasteiger partial charge is 0.309 e. The Morgan fingerprint density at radius 2 is 2.05 bits per heavy atom. The molecule has 0 bridgehead atoms. The molecule has 1 aliphatic rings. The van der Waals surface area contributed by atoms with Crippen molar-refractivity contribution >= 4 is 22.8 Å². The van der Waals surface area contributed by atoms with Crippen LogP contribution >= 0.6 is 11.6 Å². The molecule has 114 valence electrons. The molecule has 4 heteroatoms. The van der Waals surface area contributed by atoms with Gasteiger partial charge in [0.05, 0.1) is 0 Å². The number of aryl methyl sites for hydroxylation is 2. The van der Waals surface area contributed by atoms with E-state index in [1.54, 1.807) is 0 Å². The van der Waals surface area contributed by atoms with Crippen molar-refractivity contribution in [3.63, 3.8) is 0 Å². The minimum atomic E-state index is 0.506. The molecule has 3 nitrogen and oxygen atoms in total. The first-order valence-electron chi connectivity index (χ1n) is 8.02. The predicted molar refractivity (Wildman–Crippen MR) is 87.9 cm³/mol. The summed E-state index contributed by atoms with van der Waals surface area (Å²) < 4.78 is 2.39. The number of hydrogen-bond acceptors (Lipinski definition) is 2. The van der Waals surface area contributed by atoms with Crippen molar-refractivity contribution in [1.82, 2.24) is 14.5 Å². The van der Waals surface area contributed by atoms with Gasteiger partial charge in [0.25, 0.3) is 0 Å². The molecule has 1 fully saturated rings. The number of alkyl halides is 1. The van der Waals surface area contributed by atoms with Crippen molar-refractivity contribution < 1.29 is 0 Å². The number of rotatable bonds is 3. The van der Waals surface area contributed by atoms with Gasteiger partial charge in [-0.25, -0.2) is 9.97 Å². The Hall–Kier alpha value is -1.09. The maximum Gasteiger partial charge on any atom is 0.160 e. The smallest absolute Gasteiger partial charge is 0.160 e. The second-order valence-corrected chi connectivity index (χ2v) is 6.84. The van der Waals surface area contributed by atoms with E-state index in [9.17, 15) is 0 Å². The molecule has 2 heterocycles. The summed E-state index contributed by atoms with van der Waals surface area (Å²) in [6.07, 6.45) is 4.67. The summed E-state index contributed by atoms with van der Waals surface area (Å²) >= 11 is 6.00. The van der Waals surface area contributed by atoms with Crippen molar-refractivity contribution in [2.24, 2.45) is 11.8 Å². The average Bonchev–Trinajstić information content (AvgIpc) is 2.80. The second kappa shape index (κ2) is 5.96. The molecular weight excluding hydrogens is 282 g/mol. The quantitative estimate of drug-likeness (QED) is 0.781. The monoisotopic (exact) mass is 305 g/mol. The maximum absolute atomic E-state index is 6.00. The fourth-order valence-electron chi connectivity index (χ4n) is 3.64. The van der Waals surface area contributed by atoms with Gasteiger partial charge in [0.2, 0.25) is 0 Å². The Balaban J connectivity index is 2.13. The van der Waals surface area contributed by atoms with E-state index in [4.69, 9.17) is 21.6 Å². The van der Waals surface area contributed by atoms with E-state index < -0.39 is 0 Å². The van der Waals surface area contributed by atoms with Crippen LogP contribution in [0, 0.1) is 18.8 Å². The number of aromatic nitrogens is 3. The van der Waals surface area contributed by atoms with E-state index in [1.165, 1.54) is 19.3 Å². The summed E-state index contributed by atoms with van der Waals surface area (Å²) in [5, 5.41) is 0. The van der Waals surface area contributed by atoms with Crippen LogP contribution in [0.1, 0.15) is 50.7 Å². The molecule has 3 unspecified atom stereocenters. The highest BCUT2D eigenvalue weighted by Gasteiger charge is 2.31. The number of hydrogen-bond donors (Lipinski definition) is 0. The predicted octanol–water partition coefficient (Wildman–Crippen LogP) is 4.52. The molecule has 0 spiro atoms. The van der Waals surface area contributed by atoms with Gasteiger partial charge in [-0.05, 0) is 37.3 Å². The van der Waals surface area contributed by atoms with E-state index in [-0.39, 0.29) is 0 Å². The van der Waals surface area contributed by atoms with E-state index in [0.29, 0.717) is 17.8 Å². The molecule has 1 saturated carbocycles. The van der Waals surface area contributed by atoms with Crippen LogP contribution < -0.4 is 0 Å². The molecule has 2 aromatic heterocycles. The topological polar surface area (TPSA) is 30.7 Å². The number of fused-ring (bicyclic) bond motifs is 1. The lowest BCUT2D eigenvalue weighted by Crippen LogP contribution is -2.28. The zero-order valence-corrected chi connectivity index (χ0v) is 13.9. The Kier molecular flexibility index (Phi) is 4.21. The fraction of sp³-hybridized carbons (Fsp3) is 0.647. The summed E-state index contributed by atoms with van der Waals surface area (Å²) in [5.74, 6) is 3.13. The van der Waals surface area contributed by atoms with Crippen LogP contribution in [-0.2, 0) is 6.42 Å². The summed E-state index contributed by atoms with van der Waals surface area (Å²) in [6.45, 7) is 6.79. The third-order valence-corrected chi connectivity index (χ3v) is 5.25. The Morgan fingerprint density at radius 3 is 2.81 bits per heavy atom. The van der Waals surface area contributed by atoms with Crippen LogP contribution in [-0.4, -0.2) is 20.4 Å². The van der Waals surface area contributed by atoms with Crippen LogP contribution in [0.4, 0.5) is 0 Å². The van der Waals surface area contributed by atoms with Crippen molar-refractivity contribution in [1.29, 1.82) is 0 Å². The third kappa shape index (κ3) is 2.68. The number of imidazole rings is 1. The zero-order chi connectivity index (χ0) is 15.0. The number of nitrogens with zero attached hydrogens (tertiary/aromatic N) is 3. The van der Waals surface area contributed by atoms with Gasteiger partial charge in [0.15, 0.2) is 5.65 Å². The van der Waals surface area contributed by atoms with Gasteiger partial charge in [-0.1, -0.05) is 26.7 Å². The van der Waals surface area contributed by atoms with Gasteiger partial charge in [0.1, 0.15) is 11.3 Å². The molecule has 0 aromatic carbocycles. The van der Waals surface area contributed by atoms with Crippen molar-refractivity contribution in [3.05, 3.63) is 23.7 Å². The Morgan fingerprint density at radius 1 is 1.24 bits per heavy atom. The second-order valence-electron chi connectivity index (χ2n) is 6.47. The zero-order valence-electron chi connectivity index (χ0n) is 13.1. The normalized spacial score (nSPS) is 26.4. The standard InChI is InChI=1S/C17H24ClN3/c1-11-5-4-6-15(13(11)3)21-16(9-10-18)20-14-8-7-12(2)19-17(14)21/h7-8,11,13,15H,4-6,9-10H2,1-3H3. The lowest BCUT2D eigenvalue weighted by molar-refractivity contribution is 0.186. The number of pyridine rings is 1. The molecule has 3 atom stereocenters. The summed E-state index contributed by atoms with van der Waals surface area (Å²) in [6, 6.07) is 4.63. The van der Waals surface area contributed by atoms with E-state index >= 15 is 0 Å². The lowest BCUT2D eigenvalue weighted by Gasteiger charge is -2.36. The van der Waals surface area contributed by atoms with Gasteiger partial charge in [-0.3, -0.25) is 0 Å². The molecule has 0 radical (unpaired) electrons.